The highest BCUT2D eigenvalue weighted by Gasteiger charge is 2.05. The van der Waals surface area contributed by atoms with Gasteiger partial charge in [-0.05, 0) is 18.2 Å². The molecule has 1 aromatic rings. The predicted octanol–water partition coefficient (Wildman–Crippen LogP) is 1.18. The molecule has 0 spiro atoms. The highest BCUT2D eigenvalue weighted by atomic mass is 16.4. The first-order chi connectivity index (χ1) is 8.09. The summed E-state index contributed by atoms with van der Waals surface area (Å²) in [6, 6.07) is 8.71. The Labute approximate surface area is 96.9 Å². The second-order valence-corrected chi connectivity index (χ2v) is 2.95. The number of rotatable bonds is 5. The molecule has 0 atom stereocenters. The Morgan fingerprint density at radius 1 is 1.12 bits per heavy atom. The van der Waals surface area contributed by atoms with Crippen molar-refractivity contribution in [3.05, 3.63) is 42.5 Å². The maximum absolute atomic E-state index is 10.7. The molecule has 0 unspecified atom stereocenters. The Bertz CT molecular complexity index is 466. The molecule has 3 N–H and O–H groups in total. The topological polar surface area (TPSA) is 99.0 Å². The number of anilines is 1. The van der Waals surface area contributed by atoms with Gasteiger partial charge in [0.15, 0.2) is 5.71 Å². The van der Waals surface area contributed by atoms with Crippen LogP contribution in [0.15, 0.2) is 47.6 Å². The zero-order valence-corrected chi connectivity index (χ0v) is 8.70. The zero-order chi connectivity index (χ0) is 12.7. The second-order valence-electron chi connectivity index (χ2n) is 2.95. The molecule has 17 heavy (non-hydrogen) atoms. The molecule has 0 amide bonds. The number of hydrogen-bond acceptors (Lipinski definition) is 4. The molecule has 0 heterocycles. The molecule has 0 saturated heterocycles. The van der Waals surface area contributed by atoms with E-state index in [4.69, 9.17) is 10.2 Å². The summed E-state index contributed by atoms with van der Waals surface area (Å²) < 4.78 is 0. The minimum absolute atomic E-state index is 0.392. The summed E-state index contributed by atoms with van der Waals surface area (Å²) in [5.41, 5.74) is 2.73. The fourth-order valence-electron chi connectivity index (χ4n) is 0.944. The molecule has 0 aliphatic rings. The van der Waals surface area contributed by atoms with Crippen LogP contribution >= 0.6 is 0 Å². The van der Waals surface area contributed by atoms with Gasteiger partial charge in [0.05, 0.1) is 5.69 Å². The van der Waals surface area contributed by atoms with Gasteiger partial charge in [0.25, 0.3) is 0 Å². The van der Waals surface area contributed by atoms with Gasteiger partial charge in [-0.3, -0.25) is 5.43 Å². The molecular formula is C11H10N2O4. The van der Waals surface area contributed by atoms with E-state index in [0.717, 1.165) is 6.08 Å². The molecule has 1 rings (SSSR count). The van der Waals surface area contributed by atoms with Crippen molar-refractivity contribution in [1.82, 2.24) is 0 Å². The number of aliphatic carboxylic acids is 2. The third kappa shape index (κ3) is 4.61. The van der Waals surface area contributed by atoms with Crippen LogP contribution in [0.5, 0.6) is 0 Å². The van der Waals surface area contributed by atoms with Crippen molar-refractivity contribution in [2.45, 2.75) is 0 Å². The van der Waals surface area contributed by atoms with Crippen LogP contribution in [0.4, 0.5) is 5.69 Å². The molecule has 0 fully saturated rings. The van der Waals surface area contributed by atoms with Crippen LogP contribution in [0.3, 0.4) is 0 Å². The first-order valence-corrected chi connectivity index (χ1v) is 4.62. The SMILES string of the molecule is O=C(O)C=CC(=NNc1ccccc1)C(=O)O. The monoisotopic (exact) mass is 234 g/mol. The Kier molecular flexibility index (Phi) is 4.44. The van der Waals surface area contributed by atoms with Gasteiger partial charge >= 0.3 is 11.9 Å². The maximum atomic E-state index is 10.7. The summed E-state index contributed by atoms with van der Waals surface area (Å²) in [5.74, 6) is -2.55. The van der Waals surface area contributed by atoms with Crippen LogP contribution in [0.1, 0.15) is 0 Å². The normalized spacial score (nSPS) is 11.4. The van der Waals surface area contributed by atoms with Gasteiger partial charge in [0.1, 0.15) is 0 Å². The van der Waals surface area contributed by atoms with Gasteiger partial charge in [-0.25, -0.2) is 9.59 Å². The number of nitrogens with one attached hydrogen (secondary N) is 1. The Morgan fingerprint density at radius 3 is 2.29 bits per heavy atom. The van der Waals surface area contributed by atoms with Crippen LogP contribution in [0.2, 0.25) is 0 Å². The molecule has 0 aliphatic carbocycles. The van der Waals surface area contributed by atoms with Gasteiger partial charge in [0.2, 0.25) is 0 Å². The first kappa shape index (κ1) is 12.4. The molecule has 88 valence electrons. The number of carboxylic acids is 2. The Hall–Kier alpha value is -2.63. The number of benzene rings is 1. The van der Waals surface area contributed by atoms with Crippen LogP contribution in [-0.4, -0.2) is 27.9 Å². The molecule has 0 saturated carbocycles. The number of nitrogens with zero attached hydrogens (tertiary/aromatic N) is 1. The van der Waals surface area contributed by atoms with Crippen molar-refractivity contribution in [3.63, 3.8) is 0 Å². The second kappa shape index (κ2) is 6.06. The molecular weight excluding hydrogens is 224 g/mol. The number of carbonyl (C=O) groups is 2. The summed E-state index contributed by atoms with van der Waals surface area (Å²) in [7, 11) is 0. The Balaban J connectivity index is 2.78. The van der Waals surface area contributed by atoms with E-state index in [-0.39, 0.29) is 0 Å². The highest BCUT2D eigenvalue weighted by Crippen LogP contribution is 2.04. The smallest absolute Gasteiger partial charge is 0.356 e. The molecule has 0 radical (unpaired) electrons. The largest absolute Gasteiger partial charge is 0.478 e. The Morgan fingerprint density at radius 2 is 1.76 bits per heavy atom. The lowest BCUT2D eigenvalue weighted by Gasteiger charge is -1.99. The van der Waals surface area contributed by atoms with Crippen LogP contribution in [0, 0.1) is 0 Å². The van der Waals surface area contributed by atoms with Gasteiger partial charge in [-0.1, -0.05) is 18.2 Å². The average molecular weight is 234 g/mol. The van der Waals surface area contributed by atoms with Crippen molar-refractivity contribution < 1.29 is 19.8 Å². The lowest BCUT2D eigenvalue weighted by molar-refractivity contribution is -0.131. The summed E-state index contributed by atoms with van der Waals surface area (Å²) in [6.07, 6.45) is 1.61. The third-order valence-electron chi connectivity index (χ3n) is 1.68. The average Bonchev–Trinajstić information content (AvgIpc) is 2.29. The van der Waals surface area contributed by atoms with E-state index in [1.165, 1.54) is 0 Å². The van der Waals surface area contributed by atoms with Crippen molar-refractivity contribution >= 4 is 23.3 Å². The van der Waals surface area contributed by atoms with E-state index in [1.54, 1.807) is 30.3 Å². The summed E-state index contributed by atoms with van der Waals surface area (Å²) in [4.78, 5) is 21.0. The molecule has 0 aromatic heterocycles. The minimum Gasteiger partial charge on any atom is -0.478 e. The first-order valence-electron chi connectivity index (χ1n) is 4.62. The van der Waals surface area contributed by atoms with Gasteiger partial charge < -0.3 is 10.2 Å². The molecule has 0 aliphatic heterocycles. The summed E-state index contributed by atoms with van der Waals surface area (Å²) in [6.45, 7) is 0. The highest BCUT2D eigenvalue weighted by molar-refractivity contribution is 6.40. The lowest BCUT2D eigenvalue weighted by atomic mass is 10.3. The van der Waals surface area contributed by atoms with E-state index in [0.29, 0.717) is 11.8 Å². The third-order valence-corrected chi connectivity index (χ3v) is 1.68. The van der Waals surface area contributed by atoms with E-state index in [2.05, 4.69) is 10.5 Å². The number of hydrazone groups is 1. The maximum Gasteiger partial charge on any atom is 0.356 e. The van der Waals surface area contributed by atoms with Gasteiger partial charge in [-0.15, -0.1) is 0 Å². The molecule has 0 bridgehead atoms. The number of carboxylic acid groups (broad SMARTS) is 2. The van der Waals surface area contributed by atoms with Crippen molar-refractivity contribution in [2.75, 3.05) is 5.43 Å². The van der Waals surface area contributed by atoms with Gasteiger partial charge in [-0.2, -0.15) is 5.10 Å². The lowest BCUT2D eigenvalue weighted by Crippen LogP contribution is -2.12. The van der Waals surface area contributed by atoms with E-state index in [1.807, 2.05) is 0 Å². The van der Waals surface area contributed by atoms with Crippen molar-refractivity contribution in [1.29, 1.82) is 0 Å². The minimum atomic E-state index is -1.31. The summed E-state index contributed by atoms with van der Waals surface area (Å²) in [5, 5.41) is 20.7. The van der Waals surface area contributed by atoms with E-state index >= 15 is 0 Å². The molecule has 6 nitrogen and oxygen atoms in total. The zero-order valence-electron chi connectivity index (χ0n) is 8.70. The van der Waals surface area contributed by atoms with Crippen LogP contribution in [-0.2, 0) is 9.59 Å². The number of hydrogen-bond donors (Lipinski definition) is 3. The van der Waals surface area contributed by atoms with Crippen molar-refractivity contribution in [3.8, 4) is 0 Å². The summed E-state index contributed by atoms with van der Waals surface area (Å²) >= 11 is 0. The molecule has 6 heteroatoms. The predicted molar refractivity (Wildman–Crippen MR) is 61.9 cm³/mol. The fraction of sp³-hybridized carbons (Fsp3) is 0. The van der Waals surface area contributed by atoms with E-state index in [9.17, 15) is 9.59 Å². The number of para-hydroxylation sites is 1. The van der Waals surface area contributed by atoms with Crippen LogP contribution in [0.25, 0.3) is 0 Å². The van der Waals surface area contributed by atoms with Crippen molar-refractivity contribution in [2.24, 2.45) is 5.10 Å². The quantitative estimate of drug-likeness (QED) is 0.403. The standard InChI is InChI=1S/C11H10N2O4/c14-10(15)7-6-9(11(16)17)13-12-8-4-2-1-3-5-8/h1-7,12H,(H,14,15)(H,16,17). The van der Waals surface area contributed by atoms with Crippen LogP contribution < -0.4 is 5.43 Å². The molecule has 1 aromatic carbocycles. The van der Waals surface area contributed by atoms with E-state index < -0.39 is 17.7 Å². The fourth-order valence-corrected chi connectivity index (χ4v) is 0.944. The van der Waals surface area contributed by atoms with Gasteiger partial charge in [0, 0.05) is 6.08 Å².